The number of carbonyl (C=O) groups is 1. The summed E-state index contributed by atoms with van der Waals surface area (Å²) in [7, 11) is 0. The van der Waals surface area contributed by atoms with E-state index in [9.17, 15) is 4.79 Å². The van der Waals surface area contributed by atoms with Crippen LogP contribution in [0.25, 0.3) is 6.08 Å². The molecule has 0 bridgehead atoms. The number of carboxylic acid groups (broad SMARTS) is 1. The van der Waals surface area contributed by atoms with Gasteiger partial charge in [-0.15, -0.1) is 11.3 Å². The van der Waals surface area contributed by atoms with Crippen LogP contribution in [0.15, 0.2) is 18.2 Å². The average molecular weight is 281 g/mol. The number of rotatable bonds is 7. The second-order valence-corrected chi connectivity index (χ2v) is 6.59. The van der Waals surface area contributed by atoms with E-state index in [-0.39, 0.29) is 0 Å². The Morgan fingerprint density at radius 1 is 1.37 bits per heavy atom. The van der Waals surface area contributed by atoms with Crippen LogP contribution in [0.1, 0.15) is 37.4 Å². The van der Waals surface area contributed by atoms with Crippen LogP contribution >= 0.6 is 11.3 Å². The third kappa shape index (κ3) is 6.03. The van der Waals surface area contributed by atoms with Crippen LogP contribution in [0, 0.1) is 5.92 Å². The summed E-state index contributed by atoms with van der Waals surface area (Å²) in [6, 6.07) is 4.58. The van der Waals surface area contributed by atoms with Gasteiger partial charge in [-0.1, -0.05) is 13.8 Å². The van der Waals surface area contributed by atoms with Gasteiger partial charge in [-0.2, -0.15) is 0 Å². The normalized spacial score (nSPS) is 12.2. The minimum atomic E-state index is -0.904. The van der Waals surface area contributed by atoms with Crippen molar-refractivity contribution >= 4 is 23.4 Å². The highest BCUT2D eigenvalue weighted by Gasteiger charge is 2.12. The Kier molecular flexibility index (Phi) is 6.25. The molecular formula is C15H23NO2S. The van der Waals surface area contributed by atoms with Crippen LogP contribution in [0.3, 0.4) is 0 Å². The SMILES string of the molecule is CC(C)CN(Cc1ccc(C=CC(=O)O)s1)C(C)C. The Morgan fingerprint density at radius 2 is 2.05 bits per heavy atom. The fourth-order valence-electron chi connectivity index (χ4n) is 1.85. The van der Waals surface area contributed by atoms with Gasteiger partial charge in [0.15, 0.2) is 0 Å². The quantitative estimate of drug-likeness (QED) is 0.774. The van der Waals surface area contributed by atoms with Crippen molar-refractivity contribution < 1.29 is 9.90 Å². The lowest BCUT2D eigenvalue weighted by Crippen LogP contribution is -2.33. The zero-order chi connectivity index (χ0) is 14.4. The van der Waals surface area contributed by atoms with Gasteiger partial charge in [0.2, 0.25) is 0 Å². The molecule has 4 heteroatoms. The highest BCUT2D eigenvalue weighted by atomic mass is 32.1. The zero-order valence-corrected chi connectivity index (χ0v) is 12.9. The molecule has 1 heterocycles. The molecule has 1 rings (SSSR count). The standard InChI is InChI=1S/C15H23NO2S/c1-11(2)9-16(12(3)4)10-14-6-5-13(19-14)7-8-15(17)18/h5-8,11-12H,9-10H2,1-4H3,(H,17,18). The predicted molar refractivity (Wildman–Crippen MR) is 81.4 cm³/mol. The average Bonchev–Trinajstić information content (AvgIpc) is 2.72. The van der Waals surface area contributed by atoms with Crippen molar-refractivity contribution in [2.45, 2.75) is 40.3 Å². The molecule has 1 aromatic rings. The molecule has 0 aliphatic heterocycles. The van der Waals surface area contributed by atoms with Crippen molar-refractivity contribution in [2.24, 2.45) is 5.92 Å². The first-order chi connectivity index (χ1) is 8.88. The fourth-order valence-corrected chi connectivity index (χ4v) is 2.79. The molecular weight excluding hydrogens is 258 g/mol. The number of aliphatic carboxylic acids is 1. The molecule has 0 spiro atoms. The van der Waals surface area contributed by atoms with Crippen molar-refractivity contribution in [1.29, 1.82) is 0 Å². The maximum atomic E-state index is 10.5. The van der Waals surface area contributed by atoms with E-state index in [1.807, 2.05) is 6.07 Å². The Hall–Kier alpha value is -1.13. The van der Waals surface area contributed by atoms with E-state index < -0.39 is 5.97 Å². The predicted octanol–water partition coefficient (Wildman–Crippen LogP) is 3.71. The zero-order valence-electron chi connectivity index (χ0n) is 12.1. The lowest BCUT2D eigenvalue weighted by molar-refractivity contribution is -0.131. The van der Waals surface area contributed by atoms with Gasteiger partial charge in [-0.3, -0.25) is 4.90 Å². The summed E-state index contributed by atoms with van der Waals surface area (Å²) in [5.74, 6) is -0.257. The van der Waals surface area contributed by atoms with Gasteiger partial charge < -0.3 is 5.11 Å². The summed E-state index contributed by atoms with van der Waals surface area (Å²) in [5, 5.41) is 8.61. The van der Waals surface area contributed by atoms with Gasteiger partial charge in [0.1, 0.15) is 0 Å². The van der Waals surface area contributed by atoms with Gasteiger partial charge in [-0.25, -0.2) is 4.79 Å². The molecule has 1 N–H and O–H groups in total. The van der Waals surface area contributed by atoms with E-state index in [1.54, 1.807) is 17.4 Å². The van der Waals surface area contributed by atoms with Crippen molar-refractivity contribution in [3.63, 3.8) is 0 Å². The molecule has 0 aliphatic carbocycles. The van der Waals surface area contributed by atoms with Crippen LogP contribution in [0.5, 0.6) is 0 Å². The second-order valence-electron chi connectivity index (χ2n) is 5.39. The summed E-state index contributed by atoms with van der Waals surface area (Å²) in [6.45, 7) is 10.9. The first-order valence-electron chi connectivity index (χ1n) is 6.62. The van der Waals surface area contributed by atoms with Gasteiger partial charge in [0.05, 0.1) is 0 Å². The minimum Gasteiger partial charge on any atom is -0.478 e. The smallest absolute Gasteiger partial charge is 0.328 e. The molecule has 0 radical (unpaired) electrons. The summed E-state index contributed by atoms with van der Waals surface area (Å²) in [5.41, 5.74) is 0. The van der Waals surface area contributed by atoms with E-state index in [0.29, 0.717) is 12.0 Å². The summed E-state index contributed by atoms with van der Waals surface area (Å²) in [6.07, 6.45) is 2.84. The molecule has 19 heavy (non-hydrogen) atoms. The number of hydrogen-bond donors (Lipinski definition) is 1. The number of hydrogen-bond acceptors (Lipinski definition) is 3. The van der Waals surface area contributed by atoms with E-state index in [0.717, 1.165) is 18.0 Å². The molecule has 0 amide bonds. The first-order valence-corrected chi connectivity index (χ1v) is 7.44. The lowest BCUT2D eigenvalue weighted by Gasteiger charge is -2.27. The highest BCUT2D eigenvalue weighted by molar-refractivity contribution is 7.12. The number of thiophene rings is 1. The third-order valence-corrected chi connectivity index (χ3v) is 3.80. The van der Waals surface area contributed by atoms with Crippen molar-refractivity contribution in [3.05, 3.63) is 28.0 Å². The summed E-state index contributed by atoms with van der Waals surface area (Å²) in [4.78, 5) is 15.2. The molecule has 0 aliphatic rings. The van der Waals surface area contributed by atoms with E-state index >= 15 is 0 Å². The second kappa shape index (κ2) is 7.46. The van der Waals surface area contributed by atoms with Crippen molar-refractivity contribution in [2.75, 3.05) is 6.54 Å². The first kappa shape index (κ1) is 15.9. The molecule has 106 valence electrons. The Labute approximate surface area is 119 Å². The van der Waals surface area contributed by atoms with Gasteiger partial charge in [-0.05, 0) is 38.0 Å². The van der Waals surface area contributed by atoms with Crippen LogP contribution in [0.4, 0.5) is 0 Å². The van der Waals surface area contributed by atoms with Gasteiger partial charge in [0.25, 0.3) is 0 Å². The minimum absolute atomic E-state index is 0.516. The fraction of sp³-hybridized carbons (Fsp3) is 0.533. The number of carboxylic acids is 1. The van der Waals surface area contributed by atoms with Crippen LogP contribution in [-0.2, 0) is 11.3 Å². The van der Waals surface area contributed by atoms with E-state index in [2.05, 4.69) is 38.7 Å². The molecule has 0 unspecified atom stereocenters. The highest BCUT2D eigenvalue weighted by Crippen LogP contribution is 2.21. The van der Waals surface area contributed by atoms with Crippen molar-refractivity contribution in [3.8, 4) is 0 Å². The third-order valence-electron chi connectivity index (χ3n) is 2.76. The molecule has 0 aromatic carbocycles. The molecule has 3 nitrogen and oxygen atoms in total. The molecule has 1 aromatic heterocycles. The van der Waals surface area contributed by atoms with Crippen LogP contribution < -0.4 is 0 Å². The molecule has 0 atom stereocenters. The molecule has 0 saturated heterocycles. The topological polar surface area (TPSA) is 40.5 Å². The van der Waals surface area contributed by atoms with E-state index in [1.165, 1.54) is 11.0 Å². The summed E-state index contributed by atoms with van der Waals surface area (Å²) >= 11 is 1.66. The van der Waals surface area contributed by atoms with Crippen LogP contribution in [0.2, 0.25) is 0 Å². The Balaban J connectivity index is 2.67. The van der Waals surface area contributed by atoms with E-state index in [4.69, 9.17) is 5.11 Å². The Morgan fingerprint density at radius 3 is 2.58 bits per heavy atom. The molecule has 0 fully saturated rings. The van der Waals surface area contributed by atoms with Gasteiger partial charge >= 0.3 is 5.97 Å². The maximum absolute atomic E-state index is 10.5. The number of nitrogens with zero attached hydrogens (tertiary/aromatic N) is 1. The maximum Gasteiger partial charge on any atom is 0.328 e. The van der Waals surface area contributed by atoms with Gasteiger partial charge in [0, 0.05) is 35.0 Å². The van der Waals surface area contributed by atoms with Crippen molar-refractivity contribution in [1.82, 2.24) is 4.90 Å². The molecule has 0 saturated carbocycles. The monoisotopic (exact) mass is 281 g/mol. The largest absolute Gasteiger partial charge is 0.478 e. The summed E-state index contributed by atoms with van der Waals surface area (Å²) < 4.78 is 0. The van der Waals surface area contributed by atoms with Crippen LogP contribution in [-0.4, -0.2) is 28.6 Å². The Bertz CT molecular complexity index is 435. The lowest BCUT2D eigenvalue weighted by atomic mass is 10.2.